The van der Waals surface area contributed by atoms with Crippen molar-refractivity contribution in [3.8, 4) is 0 Å². The smallest absolute Gasteiger partial charge is 0.142 e. The maximum atomic E-state index is 13.6. The lowest BCUT2D eigenvalue weighted by atomic mass is 10.0. The summed E-state index contributed by atoms with van der Waals surface area (Å²) < 4.78 is 13.6. The van der Waals surface area contributed by atoms with Gasteiger partial charge in [-0.05, 0) is 43.7 Å². The van der Waals surface area contributed by atoms with Gasteiger partial charge in [-0.25, -0.2) is 4.39 Å². The molecular formula is C16H15Cl3FN. The highest BCUT2D eigenvalue weighted by molar-refractivity contribution is 6.36. The molecule has 0 spiro atoms. The lowest BCUT2D eigenvalue weighted by Gasteiger charge is -2.22. The maximum Gasteiger partial charge on any atom is 0.142 e. The van der Waals surface area contributed by atoms with Gasteiger partial charge in [0.25, 0.3) is 0 Å². The minimum absolute atomic E-state index is 0.0488. The van der Waals surface area contributed by atoms with Crippen molar-refractivity contribution in [2.75, 3.05) is 0 Å². The second-order valence-electron chi connectivity index (χ2n) is 4.92. The number of hydrogen-bond acceptors (Lipinski definition) is 1. The van der Waals surface area contributed by atoms with E-state index < -0.39 is 5.82 Å². The summed E-state index contributed by atoms with van der Waals surface area (Å²) in [6.07, 6.45) is 0. The third-order valence-corrected chi connectivity index (χ3v) is 4.35. The summed E-state index contributed by atoms with van der Waals surface area (Å²) in [7, 11) is 0. The van der Waals surface area contributed by atoms with E-state index in [4.69, 9.17) is 34.8 Å². The Balaban J connectivity index is 2.20. The lowest BCUT2D eigenvalue weighted by Crippen LogP contribution is -2.23. The summed E-state index contributed by atoms with van der Waals surface area (Å²) in [6, 6.07) is 10.2. The van der Waals surface area contributed by atoms with Gasteiger partial charge in [-0.3, -0.25) is 0 Å². The molecule has 0 saturated carbocycles. The van der Waals surface area contributed by atoms with Gasteiger partial charge < -0.3 is 5.32 Å². The highest BCUT2D eigenvalue weighted by atomic mass is 35.5. The van der Waals surface area contributed by atoms with Gasteiger partial charge >= 0.3 is 0 Å². The molecule has 0 aliphatic heterocycles. The first-order chi connectivity index (χ1) is 9.90. The Kier molecular flexibility index (Phi) is 5.50. The van der Waals surface area contributed by atoms with E-state index in [2.05, 4.69) is 5.32 Å². The summed E-state index contributed by atoms with van der Waals surface area (Å²) in [5, 5.41) is 4.56. The first-order valence-electron chi connectivity index (χ1n) is 6.55. The van der Waals surface area contributed by atoms with E-state index in [1.165, 1.54) is 12.1 Å². The van der Waals surface area contributed by atoms with Crippen LogP contribution in [-0.2, 0) is 0 Å². The molecule has 2 aromatic rings. The van der Waals surface area contributed by atoms with Crippen molar-refractivity contribution >= 4 is 34.8 Å². The Hall–Kier alpha value is -0.800. The topological polar surface area (TPSA) is 12.0 Å². The van der Waals surface area contributed by atoms with E-state index >= 15 is 0 Å². The summed E-state index contributed by atoms with van der Waals surface area (Å²) >= 11 is 18.0. The van der Waals surface area contributed by atoms with E-state index in [9.17, 15) is 4.39 Å². The normalized spacial score (nSPS) is 14.0. The first kappa shape index (κ1) is 16.6. The molecule has 2 rings (SSSR count). The summed E-state index contributed by atoms with van der Waals surface area (Å²) in [6.45, 7) is 3.92. The molecule has 1 nitrogen and oxygen atoms in total. The quantitative estimate of drug-likeness (QED) is 0.650. The van der Waals surface area contributed by atoms with Crippen molar-refractivity contribution in [2.45, 2.75) is 25.9 Å². The van der Waals surface area contributed by atoms with Crippen LogP contribution < -0.4 is 5.32 Å². The molecule has 1 N–H and O–H groups in total. The van der Waals surface area contributed by atoms with Crippen molar-refractivity contribution in [1.82, 2.24) is 5.32 Å². The van der Waals surface area contributed by atoms with Crippen LogP contribution in [0.4, 0.5) is 4.39 Å². The fraction of sp³-hybridized carbons (Fsp3) is 0.250. The van der Waals surface area contributed by atoms with Gasteiger partial charge in [0.1, 0.15) is 5.82 Å². The fourth-order valence-electron chi connectivity index (χ4n) is 2.25. The SMILES string of the molecule is CC(NC(C)c1c(Cl)ccc(F)c1Cl)c1ccc(Cl)cc1. The third-order valence-electron chi connectivity index (χ3n) is 3.38. The Morgan fingerprint density at radius 3 is 2.14 bits per heavy atom. The van der Waals surface area contributed by atoms with Gasteiger partial charge in [0.05, 0.1) is 5.02 Å². The molecule has 0 aliphatic rings. The predicted octanol–water partition coefficient (Wildman–Crippen LogP) is 6.20. The molecule has 0 bridgehead atoms. The molecule has 0 saturated heterocycles. The van der Waals surface area contributed by atoms with Crippen LogP contribution in [0.2, 0.25) is 15.1 Å². The van der Waals surface area contributed by atoms with Gasteiger partial charge in [0.2, 0.25) is 0 Å². The molecule has 0 radical (unpaired) electrons. The third kappa shape index (κ3) is 3.89. The average molecular weight is 347 g/mol. The highest BCUT2D eigenvalue weighted by Gasteiger charge is 2.19. The van der Waals surface area contributed by atoms with Crippen LogP contribution in [0.5, 0.6) is 0 Å². The standard InChI is InChI=1S/C16H15Cl3FN/c1-9(11-3-5-12(17)6-4-11)21-10(2)15-13(18)7-8-14(20)16(15)19/h3-10,21H,1-2H3. The molecule has 21 heavy (non-hydrogen) atoms. The van der Waals surface area contributed by atoms with E-state index in [1.807, 2.05) is 38.1 Å². The van der Waals surface area contributed by atoms with Gasteiger partial charge in [0.15, 0.2) is 0 Å². The molecule has 0 aromatic heterocycles. The fourth-order valence-corrected chi connectivity index (χ4v) is 3.07. The zero-order valence-electron chi connectivity index (χ0n) is 11.6. The van der Waals surface area contributed by atoms with Crippen molar-refractivity contribution < 1.29 is 4.39 Å². The lowest BCUT2D eigenvalue weighted by molar-refractivity contribution is 0.492. The van der Waals surface area contributed by atoms with E-state index in [-0.39, 0.29) is 17.1 Å². The van der Waals surface area contributed by atoms with E-state index in [1.54, 1.807) is 0 Å². The van der Waals surface area contributed by atoms with Crippen LogP contribution in [0.25, 0.3) is 0 Å². The van der Waals surface area contributed by atoms with Gasteiger partial charge in [0, 0.05) is 27.7 Å². The molecule has 0 amide bonds. The predicted molar refractivity (Wildman–Crippen MR) is 87.8 cm³/mol. The molecule has 0 fully saturated rings. The number of benzene rings is 2. The molecule has 2 unspecified atom stereocenters. The molecule has 5 heteroatoms. The Labute approximate surface area is 139 Å². The van der Waals surface area contributed by atoms with Crippen molar-refractivity contribution in [1.29, 1.82) is 0 Å². The van der Waals surface area contributed by atoms with Gasteiger partial charge in [-0.2, -0.15) is 0 Å². The zero-order chi connectivity index (χ0) is 15.6. The minimum Gasteiger partial charge on any atom is -0.304 e. The molecule has 2 atom stereocenters. The van der Waals surface area contributed by atoms with Crippen LogP contribution in [0.15, 0.2) is 36.4 Å². The highest BCUT2D eigenvalue weighted by Crippen LogP contribution is 2.33. The average Bonchev–Trinajstić information content (AvgIpc) is 2.44. The van der Waals surface area contributed by atoms with Crippen LogP contribution in [0, 0.1) is 5.82 Å². The van der Waals surface area contributed by atoms with Crippen molar-refractivity contribution in [3.05, 3.63) is 68.4 Å². The zero-order valence-corrected chi connectivity index (χ0v) is 13.9. The number of rotatable bonds is 4. The molecular weight excluding hydrogens is 332 g/mol. The van der Waals surface area contributed by atoms with Gasteiger partial charge in [-0.1, -0.05) is 46.9 Å². The molecule has 112 valence electrons. The minimum atomic E-state index is -0.469. The van der Waals surface area contributed by atoms with Crippen LogP contribution in [0.3, 0.4) is 0 Å². The number of nitrogens with one attached hydrogen (secondary N) is 1. The van der Waals surface area contributed by atoms with Crippen molar-refractivity contribution in [2.24, 2.45) is 0 Å². The molecule has 0 heterocycles. The molecule has 2 aromatic carbocycles. The largest absolute Gasteiger partial charge is 0.304 e. The first-order valence-corrected chi connectivity index (χ1v) is 7.68. The Morgan fingerprint density at radius 2 is 1.52 bits per heavy atom. The second-order valence-corrected chi connectivity index (χ2v) is 6.14. The monoisotopic (exact) mass is 345 g/mol. The van der Waals surface area contributed by atoms with Gasteiger partial charge in [-0.15, -0.1) is 0 Å². The maximum absolute atomic E-state index is 13.6. The summed E-state index contributed by atoms with van der Waals surface area (Å²) in [5.74, 6) is -0.469. The summed E-state index contributed by atoms with van der Waals surface area (Å²) in [5.41, 5.74) is 1.65. The van der Waals surface area contributed by atoms with Crippen LogP contribution in [-0.4, -0.2) is 0 Å². The summed E-state index contributed by atoms with van der Waals surface area (Å²) in [4.78, 5) is 0. The second kappa shape index (κ2) is 6.97. The van der Waals surface area contributed by atoms with Crippen LogP contribution >= 0.6 is 34.8 Å². The number of hydrogen-bond donors (Lipinski definition) is 1. The molecule has 0 aliphatic carbocycles. The van der Waals surface area contributed by atoms with E-state index in [0.717, 1.165) is 5.56 Å². The number of halogens is 4. The van der Waals surface area contributed by atoms with E-state index in [0.29, 0.717) is 15.6 Å². The Bertz CT molecular complexity index is 628. The Morgan fingerprint density at radius 1 is 0.905 bits per heavy atom. The van der Waals surface area contributed by atoms with Crippen molar-refractivity contribution in [3.63, 3.8) is 0 Å². The van der Waals surface area contributed by atoms with Crippen LogP contribution in [0.1, 0.15) is 37.1 Å².